The summed E-state index contributed by atoms with van der Waals surface area (Å²) in [6, 6.07) is 19.0. The number of carbonyl (C=O) groups is 2. The van der Waals surface area contributed by atoms with E-state index in [2.05, 4.69) is 33.9 Å². The van der Waals surface area contributed by atoms with E-state index in [0.29, 0.717) is 56.1 Å². The van der Waals surface area contributed by atoms with Crippen molar-refractivity contribution >= 4 is 28.9 Å². The van der Waals surface area contributed by atoms with Crippen molar-refractivity contribution in [2.75, 3.05) is 62.1 Å². The van der Waals surface area contributed by atoms with E-state index in [-0.39, 0.29) is 23.7 Å². The second kappa shape index (κ2) is 11.6. The molecule has 0 radical (unpaired) electrons. The number of aromatic nitrogens is 1. The number of fused-ring (bicyclic) bond motifs is 1. The minimum absolute atomic E-state index is 0.0144. The standard InChI is InChI=1S/C34H39N5O4/c1-34(2)20-26-32(28(40)21-34)33(24-13-12-23(42-3)19-29(24)43-4)39(27-10-6-5-9-25(27)36-26)22-31(41)38-17-15-37(16-18-38)30-11-7-8-14-35-30/h5-14,19,33,36H,15-18,20-22H2,1-4H3. The van der Waals surface area contributed by atoms with E-state index >= 15 is 0 Å². The van der Waals surface area contributed by atoms with Gasteiger partial charge in [-0.25, -0.2) is 4.98 Å². The summed E-state index contributed by atoms with van der Waals surface area (Å²) in [6.45, 7) is 6.97. The van der Waals surface area contributed by atoms with Crippen LogP contribution in [0.3, 0.4) is 0 Å². The van der Waals surface area contributed by atoms with Crippen LogP contribution in [0.5, 0.6) is 11.5 Å². The van der Waals surface area contributed by atoms with Crippen LogP contribution in [0.15, 0.2) is 78.1 Å². The van der Waals surface area contributed by atoms with E-state index < -0.39 is 6.04 Å². The number of nitrogens with one attached hydrogen (secondary N) is 1. The van der Waals surface area contributed by atoms with Crippen LogP contribution in [-0.4, -0.2) is 68.5 Å². The van der Waals surface area contributed by atoms with Gasteiger partial charge in [-0.15, -0.1) is 0 Å². The summed E-state index contributed by atoms with van der Waals surface area (Å²) in [5.41, 5.74) is 3.96. The summed E-state index contributed by atoms with van der Waals surface area (Å²) in [5.74, 6) is 2.28. The predicted molar refractivity (Wildman–Crippen MR) is 168 cm³/mol. The Labute approximate surface area is 253 Å². The van der Waals surface area contributed by atoms with Gasteiger partial charge in [0.05, 0.1) is 38.2 Å². The topological polar surface area (TPSA) is 87.2 Å². The maximum atomic E-state index is 14.1. The van der Waals surface area contributed by atoms with Crippen molar-refractivity contribution in [3.05, 3.63) is 83.7 Å². The van der Waals surface area contributed by atoms with Crippen molar-refractivity contribution in [1.29, 1.82) is 0 Å². The van der Waals surface area contributed by atoms with Crippen LogP contribution in [0, 0.1) is 5.41 Å². The number of para-hydroxylation sites is 2. The number of hydrogen-bond donors (Lipinski definition) is 1. The second-order valence-corrected chi connectivity index (χ2v) is 12.2. The van der Waals surface area contributed by atoms with E-state index in [9.17, 15) is 9.59 Å². The third-order valence-corrected chi connectivity index (χ3v) is 8.65. The number of piperazine rings is 1. The number of Topliss-reactive ketones (excluding diaryl/α,β-unsaturated/α-hetero) is 1. The van der Waals surface area contributed by atoms with Gasteiger partial charge in [-0.2, -0.15) is 0 Å². The molecule has 3 aromatic rings. The fraction of sp³-hybridized carbons (Fsp3) is 0.382. The first-order valence-electron chi connectivity index (χ1n) is 14.8. The molecule has 1 fully saturated rings. The van der Waals surface area contributed by atoms with Gasteiger partial charge in [0.2, 0.25) is 5.91 Å². The minimum atomic E-state index is -0.533. The molecule has 0 saturated carbocycles. The molecule has 1 aromatic heterocycles. The zero-order valence-corrected chi connectivity index (χ0v) is 25.3. The molecule has 2 aromatic carbocycles. The fourth-order valence-electron chi connectivity index (χ4n) is 6.57. The van der Waals surface area contributed by atoms with E-state index in [0.717, 1.165) is 28.5 Å². The number of anilines is 3. The molecular weight excluding hydrogens is 542 g/mol. The summed E-state index contributed by atoms with van der Waals surface area (Å²) in [7, 11) is 3.24. The average molecular weight is 582 g/mol. The molecule has 9 nitrogen and oxygen atoms in total. The summed E-state index contributed by atoms with van der Waals surface area (Å²) >= 11 is 0. The molecule has 43 heavy (non-hydrogen) atoms. The lowest BCUT2D eigenvalue weighted by Crippen LogP contribution is -2.52. The third-order valence-electron chi connectivity index (χ3n) is 8.65. The quantitative estimate of drug-likeness (QED) is 0.432. The number of ether oxygens (including phenoxy) is 2. The maximum Gasteiger partial charge on any atom is 0.242 e. The Kier molecular flexibility index (Phi) is 7.73. The number of carbonyl (C=O) groups excluding carboxylic acids is 2. The van der Waals surface area contributed by atoms with Crippen LogP contribution in [0.2, 0.25) is 0 Å². The molecule has 6 rings (SSSR count). The molecular formula is C34H39N5O4. The maximum absolute atomic E-state index is 14.1. The molecule has 3 aliphatic rings. The molecule has 3 heterocycles. The number of hydrogen-bond acceptors (Lipinski definition) is 8. The molecule has 1 saturated heterocycles. The highest BCUT2D eigenvalue weighted by atomic mass is 16.5. The minimum Gasteiger partial charge on any atom is -0.497 e. The van der Waals surface area contributed by atoms with Crippen molar-refractivity contribution in [2.24, 2.45) is 5.41 Å². The number of pyridine rings is 1. The summed E-state index contributed by atoms with van der Waals surface area (Å²) in [5, 5.41) is 3.63. The van der Waals surface area contributed by atoms with Crippen molar-refractivity contribution in [1.82, 2.24) is 9.88 Å². The van der Waals surface area contributed by atoms with E-state index in [4.69, 9.17) is 9.47 Å². The van der Waals surface area contributed by atoms with Gasteiger partial charge in [0.25, 0.3) is 0 Å². The van der Waals surface area contributed by atoms with Crippen molar-refractivity contribution in [3.63, 3.8) is 0 Å². The zero-order chi connectivity index (χ0) is 30.1. The number of amides is 1. The van der Waals surface area contributed by atoms with E-state index in [1.807, 2.05) is 65.6 Å². The van der Waals surface area contributed by atoms with E-state index in [1.165, 1.54) is 0 Å². The third kappa shape index (κ3) is 5.63. The van der Waals surface area contributed by atoms with Crippen LogP contribution in [0.4, 0.5) is 17.2 Å². The predicted octanol–water partition coefficient (Wildman–Crippen LogP) is 5.06. The van der Waals surface area contributed by atoms with Crippen molar-refractivity contribution < 1.29 is 19.1 Å². The number of nitrogens with zero attached hydrogens (tertiary/aromatic N) is 4. The normalized spacial score (nSPS) is 19.7. The molecule has 1 atom stereocenters. The molecule has 1 aliphatic carbocycles. The van der Waals surface area contributed by atoms with Gasteiger partial charge >= 0.3 is 0 Å². The second-order valence-electron chi connectivity index (χ2n) is 12.2. The molecule has 1 N–H and O–H groups in total. The molecule has 2 aliphatic heterocycles. The van der Waals surface area contributed by atoms with Gasteiger partial charge in [0.15, 0.2) is 5.78 Å². The monoisotopic (exact) mass is 581 g/mol. The molecule has 1 amide bonds. The summed E-state index contributed by atoms with van der Waals surface area (Å²) in [4.78, 5) is 38.8. The molecule has 224 valence electrons. The van der Waals surface area contributed by atoms with E-state index in [1.54, 1.807) is 20.4 Å². The van der Waals surface area contributed by atoms with Gasteiger partial charge < -0.3 is 29.5 Å². The summed E-state index contributed by atoms with van der Waals surface area (Å²) in [6.07, 6.45) is 2.94. The number of ketones is 1. The zero-order valence-electron chi connectivity index (χ0n) is 25.3. The Bertz CT molecular complexity index is 1550. The lowest BCUT2D eigenvalue weighted by Gasteiger charge is -2.40. The van der Waals surface area contributed by atoms with Gasteiger partial charge in [-0.05, 0) is 48.2 Å². The smallest absolute Gasteiger partial charge is 0.242 e. The Morgan fingerprint density at radius 1 is 0.977 bits per heavy atom. The molecule has 0 spiro atoms. The lowest BCUT2D eigenvalue weighted by atomic mass is 9.73. The Morgan fingerprint density at radius 3 is 2.47 bits per heavy atom. The Morgan fingerprint density at radius 2 is 1.74 bits per heavy atom. The number of methoxy groups -OCH3 is 2. The fourth-order valence-corrected chi connectivity index (χ4v) is 6.57. The SMILES string of the molecule is COc1ccc(C2C3=C(CC(C)(C)CC3=O)Nc3ccccc3N2CC(=O)N2CCN(c3ccccn3)CC2)c(OC)c1. The number of rotatable bonds is 6. The van der Waals surface area contributed by atoms with Crippen LogP contribution >= 0.6 is 0 Å². The van der Waals surface area contributed by atoms with Gasteiger partial charge in [0, 0.05) is 61.7 Å². The molecule has 1 unspecified atom stereocenters. The van der Waals surface area contributed by atoms with Gasteiger partial charge in [-0.1, -0.05) is 32.0 Å². The molecule has 9 heteroatoms. The first-order valence-corrected chi connectivity index (χ1v) is 14.8. The van der Waals surface area contributed by atoms with Crippen LogP contribution in [0.25, 0.3) is 0 Å². The first kappa shape index (κ1) is 28.6. The highest BCUT2D eigenvalue weighted by Crippen LogP contribution is 2.50. The van der Waals surface area contributed by atoms with Crippen LogP contribution in [-0.2, 0) is 9.59 Å². The number of benzene rings is 2. The first-order chi connectivity index (χ1) is 20.8. The average Bonchev–Trinajstić information content (AvgIpc) is 3.15. The largest absolute Gasteiger partial charge is 0.497 e. The number of allylic oxidation sites excluding steroid dienone is 1. The Balaban J connectivity index is 1.40. The molecule has 0 bridgehead atoms. The lowest BCUT2D eigenvalue weighted by molar-refractivity contribution is -0.130. The highest BCUT2D eigenvalue weighted by Gasteiger charge is 2.43. The summed E-state index contributed by atoms with van der Waals surface area (Å²) < 4.78 is 11.4. The highest BCUT2D eigenvalue weighted by molar-refractivity contribution is 6.02. The van der Waals surface area contributed by atoms with Gasteiger partial charge in [0.1, 0.15) is 17.3 Å². The van der Waals surface area contributed by atoms with Crippen LogP contribution < -0.4 is 24.6 Å². The van der Waals surface area contributed by atoms with Gasteiger partial charge in [-0.3, -0.25) is 9.59 Å². The Hall–Kier alpha value is -4.53. The van der Waals surface area contributed by atoms with Crippen LogP contribution in [0.1, 0.15) is 38.3 Å². The van der Waals surface area contributed by atoms with Crippen molar-refractivity contribution in [3.8, 4) is 11.5 Å². The van der Waals surface area contributed by atoms with Crippen molar-refractivity contribution in [2.45, 2.75) is 32.7 Å².